The van der Waals surface area contributed by atoms with Crippen molar-refractivity contribution in [1.29, 1.82) is 0 Å². The van der Waals surface area contributed by atoms with Crippen LogP contribution < -0.4 is 9.05 Å². The van der Waals surface area contributed by atoms with Gasteiger partial charge in [-0.25, -0.2) is 4.57 Å². The predicted octanol–water partition coefficient (Wildman–Crippen LogP) is 8.25. The van der Waals surface area contributed by atoms with Gasteiger partial charge in [0, 0.05) is 17.2 Å². The third-order valence-electron chi connectivity index (χ3n) is 4.35. The number of phosphoric acid groups is 1. The number of rotatable bonds is 13. The van der Waals surface area contributed by atoms with Gasteiger partial charge in [-0.3, -0.25) is 9.05 Å². The lowest BCUT2D eigenvalue weighted by Gasteiger charge is -2.23. The Hall–Kier alpha value is -1.53. The Labute approximate surface area is 204 Å². The zero-order chi connectivity index (χ0) is 23.6. The van der Waals surface area contributed by atoms with Crippen LogP contribution in [0.1, 0.15) is 33.1 Å². The molecule has 0 saturated carbocycles. The zero-order valence-corrected chi connectivity index (χ0v) is 22.0. The molecule has 0 amide bonds. The Bertz CT molecular complexity index is 988. The van der Waals surface area contributed by atoms with E-state index in [9.17, 15) is 4.57 Å². The fourth-order valence-corrected chi connectivity index (χ4v) is 7.93. The van der Waals surface area contributed by atoms with Gasteiger partial charge < -0.3 is 13.6 Å². The van der Waals surface area contributed by atoms with Crippen molar-refractivity contribution >= 4 is 36.7 Å². The van der Waals surface area contributed by atoms with Gasteiger partial charge in [-0.2, -0.15) is 0 Å². The first-order valence-corrected chi connectivity index (χ1v) is 16.3. The molecule has 0 heterocycles. The van der Waals surface area contributed by atoms with Crippen LogP contribution in [0.5, 0.6) is 11.5 Å². The summed E-state index contributed by atoms with van der Waals surface area (Å²) in [5.41, 5.74) is -2.03. The van der Waals surface area contributed by atoms with E-state index in [1.165, 1.54) is 11.4 Å². The molecule has 0 aromatic heterocycles. The minimum absolute atomic E-state index is 0.197. The van der Waals surface area contributed by atoms with Gasteiger partial charge in [0.25, 0.3) is 0 Å². The first kappa shape index (κ1) is 26.1. The van der Waals surface area contributed by atoms with E-state index in [0.717, 1.165) is 24.8 Å². The van der Waals surface area contributed by atoms with E-state index in [0.29, 0.717) is 17.3 Å². The lowest BCUT2D eigenvalue weighted by atomic mass is 10.2. The minimum Gasteiger partial charge on any atom is -0.428 e. The first-order chi connectivity index (χ1) is 16.0. The Morgan fingerprint density at radius 1 is 0.970 bits per heavy atom. The van der Waals surface area contributed by atoms with Gasteiger partial charge in [0.15, 0.2) is 0 Å². The van der Waals surface area contributed by atoms with Crippen molar-refractivity contribution in [2.24, 2.45) is 0 Å². The van der Waals surface area contributed by atoms with Crippen molar-refractivity contribution in [3.05, 3.63) is 83.5 Å². The maximum Gasteiger partial charge on any atom is 0.530 e. The molecule has 0 unspecified atom stereocenters. The molecule has 2 aromatic carbocycles. The molecular formula is C23H28O6P2S2. The quantitative estimate of drug-likeness (QED) is 0.191. The van der Waals surface area contributed by atoms with Crippen LogP contribution in [-0.4, -0.2) is 13.2 Å². The van der Waals surface area contributed by atoms with Crippen LogP contribution in [-0.2, 0) is 29.9 Å². The molecule has 1 aliphatic rings. The average molecular weight is 527 g/mol. The zero-order valence-electron chi connectivity index (χ0n) is 18.6. The van der Waals surface area contributed by atoms with Gasteiger partial charge in [-0.1, -0.05) is 42.5 Å². The molecule has 0 bridgehead atoms. The van der Waals surface area contributed by atoms with Crippen molar-refractivity contribution in [2.75, 3.05) is 13.2 Å². The van der Waals surface area contributed by atoms with Crippen molar-refractivity contribution in [2.45, 2.75) is 33.1 Å². The van der Waals surface area contributed by atoms with E-state index < -0.39 is 13.5 Å². The standard InChI is InChI=1S/C23H28O6P2S2/c1-3-25-30(24,26-4-2)29-23(20-13-11-12-14-20)19-33-31(32,27-21-15-7-5-8-16-21)28-22-17-9-6-10-18-22/h5-10,13,15-19H,3-4,11-12,14H2,1-2H3/b23-19-. The molecule has 0 aliphatic heterocycles. The lowest BCUT2D eigenvalue weighted by Crippen LogP contribution is -2.02. The summed E-state index contributed by atoms with van der Waals surface area (Å²) < 4.78 is 41.9. The van der Waals surface area contributed by atoms with Crippen LogP contribution in [0, 0.1) is 0 Å². The van der Waals surface area contributed by atoms with Crippen LogP contribution in [0.4, 0.5) is 0 Å². The molecular weight excluding hydrogens is 498 g/mol. The molecule has 2 aromatic rings. The minimum atomic E-state index is -3.77. The van der Waals surface area contributed by atoms with Crippen LogP contribution in [0.15, 0.2) is 83.5 Å². The summed E-state index contributed by atoms with van der Waals surface area (Å²) in [6.45, 7) is 3.87. The van der Waals surface area contributed by atoms with Gasteiger partial charge in [0.1, 0.15) is 17.3 Å². The number of hydrogen-bond acceptors (Lipinski definition) is 8. The maximum absolute atomic E-state index is 13.1. The summed E-state index contributed by atoms with van der Waals surface area (Å²) in [5.74, 6) is 1.62. The Balaban J connectivity index is 1.90. The molecule has 0 saturated heterocycles. The van der Waals surface area contributed by atoms with Gasteiger partial charge in [-0.15, -0.1) is 0 Å². The summed E-state index contributed by atoms with van der Waals surface area (Å²) in [6, 6.07) is 18.6. The highest BCUT2D eigenvalue weighted by molar-refractivity contribution is 8.69. The molecule has 0 N–H and O–H groups in total. The van der Waals surface area contributed by atoms with Crippen molar-refractivity contribution < 1.29 is 27.2 Å². The van der Waals surface area contributed by atoms with Crippen LogP contribution in [0.25, 0.3) is 0 Å². The topological polar surface area (TPSA) is 63.2 Å². The van der Waals surface area contributed by atoms with E-state index >= 15 is 0 Å². The van der Waals surface area contributed by atoms with Crippen molar-refractivity contribution in [3.8, 4) is 11.5 Å². The Morgan fingerprint density at radius 3 is 1.97 bits per heavy atom. The van der Waals surface area contributed by atoms with Crippen molar-refractivity contribution in [3.63, 3.8) is 0 Å². The van der Waals surface area contributed by atoms with Crippen molar-refractivity contribution in [1.82, 2.24) is 0 Å². The summed E-state index contributed by atoms with van der Waals surface area (Å²) >= 11 is 7.09. The predicted molar refractivity (Wildman–Crippen MR) is 138 cm³/mol. The molecule has 0 spiro atoms. The summed E-state index contributed by atoms with van der Waals surface area (Å²) in [7, 11) is -3.77. The third-order valence-corrected chi connectivity index (χ3v) is 10.1. The largest absolute Gasteiger partial charge is 0.530 e. The number of hydrogen-bond donors (Lipinski definition) is 0. The average Bonchev–Trinajstić information content (AvgIpc) is 3.33. The molecule has 0 atom stereocenters. The summed E-state index contributed by atoms with van der Waals surface area (Å²) in [6.07, 6.45) is 4.77. The van der Waals surface area contributed by atoms with Gasteiger partial charge in [0.05, 0.1) is 13.2 Å². The Morgan fingerprint density at radius 2 is 1.52 bits per heavy atom. The van der Waals surface area contributed by atoms with E-state index in [1.54, 1.807) is 19.3 Å². The molecule has 33 heavy (non-hydrogen) atoms. The summed E-state index contributed by atoms with van der Waals surface area (Å²) in [4.78, 5) is 0. The van der Waals surface area contributed by atoms with E-state index in [2.05, 4.69) is 6.08 Å². The molecule has 10 heteroatoms. The third kappa shape index (κ3) is 8.32. The molecule has 6 nitrogen and oxygen atoms in total. The number of para-hydroxylation sites is 2. The monoisotopic (exact) mass is 526 g/mol. The highest BCUT2D eigenvalue weighted by atomic mass is 32.9. The second-order valence-corrected chi connectivity index (χ2v) is 14.3. The Kier molecular flexibility index (Phi) is 10.1. The second kappa shape index (κ2) is 12.8. The molecule has 1 aliphatic carbocycles. The molecule has 178 valence electrons. The van der Waals surface area contributed by atoms with Gasteiger partial charge in [0.2, 0.25) is 0 Å². The molecule has 3 rings (SSSR count). The van der Waals surface area contributed by atoms with Gasteiger partial charge in [-0.05, 0) is 74.3 Å². The number of allylic oxidation sites excluding steroid dienone is 2. The highest BCUT2D eigenvalue weighted by Gasteiger charge is 2.31. The van der Waals surface area contributed by atoms with Crippen LogP contribution in [0.3, 0.4) is 0 Å². The van der Waals surface area contributed by atoms with Crippen LogP contribution in [0.2, 0.25) is 0 Å². The fraction of sp³-hybridized carbons (Fsp3) is 0.304. The van der Waals surface area contributed by atoms with E-state index in [1.807, 2.05) is 60.7 Å². The lowest BCUT2D eigenvalue weighted by molar-refractivity contribution is 0.147. The van der Waals surface area contributed by atoms with Gasteiger partial charge >= 0.3 is 13.5 Å². The number of phosphoric ester groups is 1. The first-order valence-electron chi connectivity index (χ1n) is 10.7. The fourth-order valence-electron chi connectivity index (χ4n) is 2.97. The van der Waals surface area contributed by atoms with E-state index in [-0.39, 0.29) is 13.2 Å². The number of benzene rings is 2. The van der Waals surface area contributed by atoms with Crippen LogP contribution >= 0.6 is 24.9 Å². The summed E-state index contributed by atoms with van der Waals surface area (Å²) in [5, 5.41) is 1.72. The second-order valence-electron chi connectivity index (χ2n) is 6.84. The highest BCUT2D eigenvalue weighted by Crippen LogP contribution is 2.62. The smallest absolute Gasteiger partial charge is 0.428 e. The SMILES string of the molecule is CCOP(=O)(OCC)O/C(=C\SP(=S)(Oc1ccccc1)Oc1ccccc1)C1=CCCC1. The molecule has 0 radical (unpaired) electrons. The normalized spacial score (nSPS) is 14.6. The maximum atomic E-state index is 13.1. The molecule has 0 fully saturated rings. The van der Waals surface area contributed by atoms with E-state index in [4.69, 9.17) is 34.4 Å².